The fourth-order valence-corrected chi connectivity index (χ4v) is 1.95. The summed E-state index contributed by atoms with van der Waals surface area (Å²) in [7, 11) is 1.85. The van der Waals surface area contributed by atoms with Crippen molar-refractivity contribution in [2.45, 2.75) is 6.92 Å². The molecule has 4 heteroatoms. The summed E-state index contributed by atoms with van der Waals surface area (Å²) in [6, 6.07) is 8.04. The van der Waals surface area contributed by atoms with Crippen LogP contribution in [0.2, 0.25) is 0 Å². The zero-order valence-electron chi connectivity index (χ0n) is 8.66. The molecule has 0 aliphatic rings. The fourth-order valence-electron chi connectivity index (χ4n) is 1.55. The summed E-state index contributed by atoms with van der Waals surface area (Å²) in [4.78, 5) is 0. The van der Waals surface area contributed by atoms with Crippen molar-refractivity contribution in [3.63, 3.8) is 0 Å². The molecule has 78 valence electrons. The molecular formula is C11H12BrN3. The highest BCUT2D eigenvalue weighted by atomic mass is 79.9. The largest absolute Gasteiger partial charge is 0.384 e. The first-order valence-electron chi connectivity index (χ1n) is 4.64. The predicted octanol–water partition coefficient (Wildman–Crippen LogP) is 2.74. The standard InChI is InChI=1S/C11H12BrN3/c1-7-10(14-15(2)11(7)13)8-4-3-5-9(12)6-8/h3-6H,13H2,1-2H3. The molecule has 2 rings (SSSR count). The van der Waals surface area contributed by atoms with Crippen molar-refractivity contribution in [3.05, 3.63) is 34.3 Å². The smallest absolute Gasteiger partial charge is 0.124 e. The lowest BCUT2D eigenvalue weighted by atomic mass is 10.1. The third-order valence-corrected chi connectivity index (χ3v) is 2.93. The molecule has 1 aromatic heterocycles. The molecule has 0 aliphatic carbocycles. The molecule has 0 saturated carbocycles. The number of aromatic nitrogens is 2. The van der Waals surface area contributed by atoms with Crippen molar-refractivity contribution in [1.82, 2.24) is 9.78 Å². The van der Waals surface area contributed by atoms with Gasteiger partial charge in [0, 0.05) is 22.6 Å². The third kappa shape index (κ3) is 1.77. The van der Waals surface area contributed by atoms with Crippen LogP contribution in [-0.2, 0) is 7.05 Å². The first-order valence-corrected chi connectivity index (χ1v) is 5.44. The molecule has 0 radical (unpaired) electrons. The quantitative estimate of drug-likeness (QED) is 0.862. The molecule has 0 fully saturated rings. The number of benzene rings is 1. The molecule has 0 unspecified atom stereocenters. The van der Waals surface area contributed by atoms with E-state index in [9.17, 15) is 0 Å². The van der Waals surface area contributed by atoms with E-state index >= 15 is 0 Å². The average Bonchev–Trinajstić information content (AvgIpc) is 2.46. The molecule has 15 heavy (non-hydrogen) atoms. The second-order valence-electron chi connectivity index (χ2n) is 3.49. The van der Waals surface area contributed by atoms with Gasteiger partial charge in [0.05, 0.1) is 5.69 Å². The Balaban J connectivity index is 2.59. The first kappa shape index (κ1) is 10.2. The van der Waals surface area contributed by atoms with Gasteiger partial charge in [-0.25, -0.2) is 0 Å². The molecule has 0 bridgehead atoms. The van der Waals surface area contributed by atoms with Crippen molar-refractivity contribution in [2.24, 2.45) is 7.05 Å². The Bertz CT molecular complexity index is 503. The summed E-state index contributed by atoms with van der Waals surface area (Å²) < 4.78 is 2.74. The van der Waals surface area contributed by atoms with E-state index in [2.05, 4.69) is 21.0 Å². The topological polar surface area (TPSA) is 43.8 Å². The number of hydrogen-bond donors (Lipinski definition) is 1. The van der Waals surface area contributed by atoms with Crippen LogP contribution < -0.4 is 5.73 Å². The maximum atomic E-state index is 5.87. The van der Waals surface area contributed by atoms with E-state index in [0.717, 1.165) is 21.3 Å². The Kier molecular flexibility index (Phi) is 2.52. The normalized spacial score (nSPS) is 10.6. The lowest BCUT2D eigenvalue weighted by Crippen LogP contribution is -1.97. The number of halogens is 1. The average molecular weight is 266 g/mol. The van der Waals surface area contributed by atoms with Gasteiger partial charge in [-0.2, -0.15) is 5.10 Å². The van der Waals surface area contributed by atoms with Crippen LogP contribution in [0, 0.1) is 6.92 Å². The molecule has 3 nitrogen and oxygen atoms in total. The number of anilines is 1. The summed E-state index contributed by atoms with van der Waals surface area (Å²) in [5, 5.41) is 4.39. The van der Waals surface area contributed by atoms with Gasteiger partial charge in [-0.15, -0.1) is 0 Å². The van der Waals surface area contributed by atoms with Gasteiger partial charge in [0.1, 0.15) is 5.82 Å². The summed E-state index contributed by atoms with van der Waals surface area (Å²) >= 11 is 3.44. The van der Waals surface area contributed by atoms with Gasteiger partial charge in [-0.3, -0.25) is 4.68 Å². The van der Waals surface area contributed by atoms with Gasteiger partial charge < -0.3 is 5.73 Å². The van der Waals surface area contributed by atoms with Crippen molar-refractivity contribution < 1.29 is 0 Å². The van der Waals surface area contributed by atoms with Crippen molar-refractivity contribution >= 4 is 21.7 Å². The monoisotopic (exact) mass is 265 g/mol. The second kappa shape index (κ2) is 3.70. The van der Waals surface area contributed by atoms with E-state index in [1.54, 1.807) is 4.68 Å². The Labute approximate surface area is 97.0 Å². The van der Waals surface area contributed by atoms with E-state index in [4.69, 9.17) is 5.73 Å². The second-order valence-corrected chi connectivity index (χ2v) is 4.41. The summed E-state index contributed by atoms with van der Waals surface area (Å²) in [6.45, 7) is 1.98. The van der Waals surface area contributed by atoms with Crippen LogP contribution in [0.1, 0.15) is 5.56 Å². The van der Waals surface area contributed by atoms with Gasteiger partial charge in [0.2, 0.25) is 0 Å². The number of nitrogens with zero attached hydrogens (tertiary/aromatic N) is 2. The Morgan fingerprint density at radius 2 is 2.13 bits per heavy atom. The highest BCUT2D eigenvalue weighted by molar-refractivity contribution is 9.10. The van der Waals surface area contributed by atoms with Gasteiger partial charge in [0.15, 0.2) is 0 Å². The minimum atomic E-state index is 0.713. The van der Waals surface area contributed by atoms with Crippen LogP contribution in [0.5, 0.6) is 0 Å². The summed E-state index contributed by atoms with van der Waals surface area (Å²) in [5.41, 5.74) is 8.91. The highest BCUT2D eigenvalue weighted by Gasteiger charge is 2.11. The van der Waals surface area contributed by atoms with Crippen LogP contribution in [0.15, 0.2) is 28.7 Å². The zero-order valence-corrected chi connectivity index (χ0v) is 10.2. The van der Waals surface area contributed by atoms with Crippen LogP contribution in [0.3, 0.4) is 0 Å². The minimum Gasteiger partial charge on any atom is -0.384 e. The molecule has 0 atom stereocenters. The van der Waals surface area contributed by atoms with Crippen LogP contribution in [0.25, 0.3) is 11.3 Å². The molecule has 1 heterocycles. The van der Waals surface area contributed by atoms with E-state index < -0.39 is 0 Å². The molecular weight excluding hydrogens is 254 g/mol. The van der Waals surface area contributed by atoms with Crippen molar-refractivity contribution in [3.8, 4) is 11.3 Å². The molecule has 0 spiro atoms. The molecule has 0 amide bonds. The van der Waals surface area contributed by atoms with Gasteiger partial charge in [-0.05, 0) is 19.1 Å². The number of rotatable bonds is 1. The van der Waals surface area contributed by atoms with Crippen molar-refractivity contribution in [2.75, 3.05) is 5.73 Å². The molecule has 2 aromatic rings. The summed E-state index contributed by atoms with van der Waals surface area (Å²) in [5.74, 6) is 0.713. The molecule has 0 saturated heterocycles. The highest BCUT2D eigenvalue weighted by Crippen LogP contribution is 2.27. The Morgan fingerprint density at radius 1 is 1.40 bits per heavy atom. The Hall–Kier alpha value is -1.29. The van der Waals surface area contributed by atoms with Crippen LogP contribution in [-0.4, -0.2) is 9.78 Å². The third-order valence-electron chi connectivity index (χ3n) is 2.44. The van der Waals surface area contributed by atoms with Gasteiger partial charge in [-0.1, -0.05) is 28.1 Å². The number of hydrogen-bond acceptors (Lipinski definition) is 2. The number of aryl methyl sites for hydroxylation is 1. The molecule has 2 N–H and O–H groups in total. The van der Waals surface area contributed by atoms with E-state index in [1.807, 2.05) is 38.2 Å². The SMILES string of the molecule is Cc1c(-c2cccc(Br)c2)nn(C)c1N. The molecule has 1 aromatic carbocycles. The lowest BCUT2D eigenvalue weighted by molar-refractivity contribution is 0.782. The zero-order chi connectivity index (χ0) is 11.0. The maximum absolute atomic E-state index is 5.87. The fraction of sp³-hybridized carbons (Fsp3) is 0.182. The summed E-state index contributed by atoms with van der Waals surface area (Å²) in [6.07, 6.45) is 0. The minimum absolute atomic E-state index is 0.713. The van der Waals surface area contributed by atoms with Gasteiger partial charge >= 0.3 is 0 Å². The lowest BCUT2D eigenvalue weighted by Gasteiger charge is -1.98. The van der Waals surface area contributed by atoms with Gasteiger partial charge in [0.25, 0.3) is 0 Å². The van der Waals surface area contributed by atoms with Crippen LogP contribution in [0.4, 0.5) is 5.82 Å². The van der Waals surface area contributed by atoms with E-state index in [-0.39, 0.29) is 0 Å². The first-order chi connectivity index (χ1) is 7.09. The van der Waals surface area contributed by atoms with Crippen molar-refractivity contribution in [1.29, 1.82) is 0 Å². The number of nitrogen functional groups attached to an aromatic ring is 1. The van der Waals surface area contributed by atoms with E-state index in [1.165, 1.54) is 0 Å². The predicted molar refractivity (Wildman–Crippen MR) is 65.5 cm³/mol. The number of nitrogens with two attached hydrogens (primary N) is 1. The van der Waals surface area contributed by atoms with E-state index in [0.29, 0.717) is 5.82 Å². The van der Waals surface area contributed by atoms with Crippen LogP contribution >= 0.6 is 15.9 Å². The molecule has 0 aliphatic heterocycles. The Morgan fingerprint density at radius 3 is 2.67 bits per heavy atom. The maximum Gasteiger partial charge on any atom is 0.124 e.